The second-order valence-electron chi connectivity index (χ2n) is 5.27. The number of H-pyrrole nitrogens is 1. The minimum atomic E-state index is -0.410. The Balaban J connectivity index is 1.59. The van der Waals surface area contributed by atoms with Crippen LogP contribution in [0.4, 0.5) is 4.79 Å². The Morgan fingerprint density at radius 3 is 3.10 bits per heavy atom. The lowest BCUT2D eigenvalue weighted by molar-refractivity contribution is -0.131. The summed E-state index contributed by atoms with van der Waals surface area (Å²) in [4.78, 5) is 26.5. The number of nitrogens with one attached hydrogen (secondary N) is 1. The molecule has 1 aliphatic carbocycles. The quantitative estimate of drug-likeness (QED) is 0.859. The third-order valence-electron chi connectivity index (χ3n) is 3.88. The van der Waals surface area contributed by atoms with E-state index in [4.69, 9.17) is 4.74 Å². The van der Waals surface area contributed by atoms with Crippen molar-refractivity contribution in [3.63, 3.8) is 0 Å². The zero-order valence-corrected chi connectivity index (χ0v) is 11.5. The minimum absolute atomic E-state index is 0.0714. The van der Waals surface area contributed by atoms with Gasteiger partial charge in [-0.25, -0.2) is 4.79 Å². The normalized spacial score (nSPS) is 17.2. The van der Waals surface area contributed by atoms with E-state index in [-0.39, 0.29) is 12.5 Å². The van der Waals surface area contributed by atoms with Gasteiger partial charge in [-0.05, 0) is 24.8 Å². The van der Waals surface area contributed by atoms with E-state index in [9.17, 15) is 9.59 Å². The summed E-state index contributed by atoms with van der Waals surface area (Å²) in [5.74, 6) is -0.0985. The molecule has 1 N–H and O–H groups in total. The van der Waals surface area contributed by atoms with Crippen molar-refractivity contribution in [2.24, 2.45) is 0 Å². The van der Waals surface area contributed by atoms with Crippen molar-refractivity contribution in [2.75, 3.05) is 26.7 Å². The van der Waals surface area contributed by atoms with Gasteiger partial charge in [0.05, 0.1) is 18.8 Å². The van der Waals surface area contributed by atoms with Crippen molar-refractivity contribution in [3.05, 3.63) is 17.0 Å². The molecule has 1 aromatic rings. The van der Waals surface area contributed by atoms with Gasteiger partial charge in [0, 0.05) is 12.7 Å². The van der Waals surface area contributed by atoms with Gasteiger partial charge in [-0.3, -0.25) is 14.8 Å². The summed E-state index contributed by atoms with van der Waals surface area (Å²) in [5.41, 5.74) is 3.39. The van der Waals surface area contributed by atoms with Gasteiger partial charge in [-0.1, -0.05) is 0 Å². The molecule has 1 fully saturated rings. The Morgan fingerprint density at radius 1 is 1.50 bits per heavy atom. The molecule has 2 heterocycles. The average Bonchev–Trinajstić information content (AvgIpc) is 3.10. The summed E-state index contributed by atoms with van der Waals surface area (Å²) >= 11 is 0. The second-order valence-corrected chi connectivity index (χ2v) is 5.27. The molecule has 0 atom stereocenters. The Hall–Kier alpha value is -2.05. The molecule has 1 saturated heterocycles. The number of likely N-dealkylation sites (N-methyl/N-ethyl adjacent to an activating group) is 1. The van der Waals surface area contributed by atoms with E-state index in [0.29, 0.717) is 19.7 Å². The van der Waals surface area contributed by atoms with E-state index in [0.717, 1.165) is 25.0 Å². The number of ether oxygens (including phenoxy) is 1. The van der Waals surface area contributed by atoms with Crippen LogP contribution in [0.25, 0.3) is 0 Å². The van der Waals surface area contributed by atoms with Crippen LogP contribution >= 0.6 is 0 Å². The zero-order valence-electron chi connectivity index (χ0n) is 11.5. The molecule has 0 aromatic carbocycles. The van der Waals surface area contributed by atoms with Crippen LogP contribution in [0.1, 0.15) is 23.4 Å². The van der Waals surface area contributed by atoms with E-state index in [1.54, 1.807) is 11.9 Å². The number of carbonyl (C=O) groups is 2. The SMILES string of the molecule is CN(Cc1n[nH]c2c1CCC2)C(=O)CN1CCOC1=O. The maximum absolute atomic E-state index is 12.1. The number of nitrogens with zero attached hydrogens (tertiary/aromatic N) is 3. The third kappa shape index (κ3) is 2.35. The van der Waals surface area contributed by atoms with Crippen LogP contribution in [0, 0.1) is 0 Å². The number of aromatic amines is 1. The highest BCUT2D eigenvalue weighted by Crippen LogP contribution is 2.23. The van der Waals surface area contributed by atoms with Gasteiger partial charge in [0.25, 0.3) is 0 Å². The molecule has 0 bridgehead atoms. The molecular weight excluding hydrogens is 260 g/mol. The second kappa shape index (κ2) is 5.15. The van der Waals surface area contributed by atoms with Crippen LogP contribution < -0.4 is 0 Å². The number of hydrogen-bond donors (Lipinski definition) is 1. The van der Waals surface area contributed by atoms with Crippen molar-refractivity contribution in [2.45, 2.75) is 25.8 Å². The molecule has 1 aliphatic heterocycles. The van der Waals surface area contributed by atoms with E-state index in [1.807, 2.05) is 0 Å². The molecule has 0 radical (unpaired) electrons. The average molecular weight is 278 g/mol. The number of fused-ring (bicyclic) bond motifs is 1. The fraction of sp³-hybridized carbons (Fsp3) is 0.615. The summed E-state index contributed by atoms with van der Waals surface area (Å²) in [7, 11) is 1.74. The fourth-order valence-corrected chi connectivity index (χ4v) is 2.68. The molecule has 2 amide bonds. The maximum Gasteiger partial charge on any atom is 0.410 e. The third-order valence-corrected chi connectivity index (χ3v) is 3.88. The Kier molecular flexibility index (Phi) is 3.33. The lowest BCUT2D eigenvalue weighted by atomic mass is 10.2. The van der Waals surface area contributed by atoms with Crippen LogP contribution in [0.3, 0.4) is 0 Å². The number of cyclic esters (lactones) is 1. The molecule has 0 spiro atoms. The Morgan fingerprint density at radius 2 is 2.35 bits per heavy atom. The van der Waals surface area contributed by atoms with Gasteiger partial charge in [0.15, 0.2) is 0 Å². The summed E-state index contributed by atoms with van der Waals surface area (Å²) in [6, 6.07) is 0. The fourth-order valence-electron chi connectivity index (χ4n) is 2.68. The highest BCUT2D eigenvalue weighted by molar-refractivity contribution is 5.82. The molecule has 20 heavy (non-hydrogen) atoms. The van der Waals surface area contributed by atoms with E-state index in [2.05, 4.69) is 10.2 Å². The maximum atomic E-state index is 12.1. The van der Waals surface area contributed by atoms with Gasteiger partial charge >= 0.3 is 6.09 Å². The predicted molar refractivity (Wildman–Crippen MR) is 70.0 cm³/mol. The van der Waals surface area contributed by atoms with Crippen LogP contribution in [0.5, 0.6) is 0 Å². The standard InChI is InChI=1S/C13H18N4O3/c1-16(12(18)8-17-5-6-20-13(17)19)7-11-9-3-2-4-10(9)14-15-11/h2-8H2,1H3,(H,14,15). The first-order chi connectivity index (χ1) is 9.65. The Labute approximate surface area is 116 Å². The molecular formula is C13H18N4O3. The van der Waals surface area contributed by atoms with Crippen LogP contribution in [-0.4, -0.2) is 58.7 Å². The minimum Gasteiger partial charge on any atom is -0.448 e. The smallest absolute Gasteiger partial charge is 0.410 e. The molecule has 0 saturated carbocycles. The van der Waals surface area contributed by atoms with Gasteiger partial charge in [-0.2, -0.15) is 5.10 Å². The highest BCUT2D eigenvalue weighted by atomic mass is 16.6. The number of aromatic nitrogens is 2. The number of aryl methyl sites for hydroxylation is 1. The molecule has 7 heteroatoms. The van der Waals surface area contributed by atoms with Crippen LogP contribution in [0.2, 0.25) is 0 Å². The van der Waals surface area contributed by atoms with Gasteiger partial charge in [0.2, 0.25) is 5.91 Å². The Bertz CT molecular complexity index is 540. The lowest BCUT2D eigenvalue weighted by Crippen LogP contribution is -2.38. The first-order valence-corrected chi connectivity index (χ1v) is 6.86. The van der Waals surface area contributed by atoms with Crippen molar-refractivity contribution in [3.8, 4) is 0 Å². The van der Waals surface area contributed by atoms with E-state index < -0.39 is 6.09 Å². The molecule has 0 unspecified atom stereocenters. The monoisotopic (exact) mass is 278 g/mol. The summed E-state index contributed by atoms with van der Waals surface area (Å²) in [6.45, 7) is 1.40. The topological polar surface area (TPSA) is 78.5 Å². The van der Waals surface area contributed by atoms with E-state index in [1.165, 1.54) is 16.2 Å². The zero-order chi connectivity index (χ0) is 14.1. The van der Waals surface area contributed by atoms with Crippen LogP contribution in [-0.2, 0) is 28.9 Å². The van der Waals surface area contributed by atoms with Crippen molar-refractivity contribution in [1.29, 1.82) is 0 Å². The number of carbonyl (C=O) groups excluding carboxylic acids is 2. The first kappa shape index (κ1) is 13.0. The van der Waals surface area contributed by atoms with Gasteiger partial charge in [-0.15, -0.1) is 0 Å². The number of hydrogen-bond acceptors (Lipinski definition) is 4. The molecule has 108 valence electrons. The number of amides is 2. The lowest BCUT2D eigenvalue weighted by Gasteiger charge is -2.19. The number of rotatable bonds is 4. The first-order valence-electron chi connectivity index (χ1n) is 6.86. The van der Waals surface area contributed by atoms with Crippen molar-refractivity contribution >= 4 is 12.0 Å². The van der Waals surface area contributed by atoms with Gasteiger partial charge < -0.3 is 9.64 Å². The predicted octanol–water partition coefficient (Wildman–Crippen LogP) is 0.309. The molecule has 3 rings (SSSR count). The molecule has 1 aromatic heterocycles. The molecule has 7 nitrogen and oxygen atoms in total. The van der Waals surface area contributed by atoms with Gasteiger partial charge in [0.1, 0.15) is 13.2 Å². The van der Waals surface area contributed by atoms with E-state index >= 15 is 0 Å². The summed E-state index contributed by atoms with van der Waals surface area (Å²) in [5, 5.41) is 7.32. The molecule has 2 aliphatic rings. The summed E-state index contributed by atoms with van der Waals surface area (Å²) < 4.78 is 4.81. The van der Waals surface area contributed by atoms with Crippen LogP contribution in [0.15, 0.2) is 0 Å². The summed E-state index contributed by atoms with van der Waals surface area (Å²) in [6.07, 6.45) is 2.81. The largest absolute Gasteiger partial charge is 0.448 e. The van der Waals surface area contributed by atoms with Crippen molar-refractivity contribution < 1.29 is 14.3 Å². The van der Waals surface area contributed by atoms with Crippen molar-refractivity contribution in [1.82, 2.24) is 20.0 Å². The highest BCUT2D eigenvalue weighted by Gasteiger charge is 2.26.